The van der Waals surface area contributed by atoms with Crippen molar-refractivity contribution < 1.29 is 13.9 Å². The summed E-state index contributed by atoms with van der Waals surface area (Å²) in [5.74, 6) is 0.290. The van der Waals surface area contributed by atoms with Gasteiger partial charge in [0.15, 0.2) is 0 Å². The monoisotopic (exact) mass is 235 g/mol. The van der Waals surface area contributed by atoms with Crippen molar-refractivity contribution in [2.24, 2.45) is 0 Å². The molecule has 2 heterocycles. The fourth-order valence-corrected chi connectivity index (χ4v) is 1.40. The fourth-order valence-electron chi connectivity index (χ4n) is 1.40. The molecule has 0 aliphatic carbocycles. The standard InChI is InChI=1S/C11H13N3O3/c1-16-11(15)8-2-10(17-6-8)5-12-3-9-4-13-7-14-9/h2,4,6-7,12H,3,5H2,1H3,(H,13,14). The lowest BCUT2D eigenvalue weighted by Gasteiger charge is -1.99. The fraction of sp³-hybridized carbons (Fsp3) is 0.273. The van der Waals surface area contributed by atoms with Crippen LogP contribution < -0.4 is 5.32 Å². The van der Waals surface area contributed by atoms with Crippen LogP contribution in [0.1, 0.15) is 21.8 Å². The van der Waals surface area contributed by atoms with Gasteiger partial charge in [-0.05, 0) is 6.07 Å². The number of hydrogen-bond donors (Lipinski definition) is 2. The summed E-state index contributed by atoms with van der Waals surface area (Å²) in [6, 6.07) is 1.66. The molecule has 0 amide bonds. The number of hydrogen-bond acceptors (Lipinski definition) is 5. The Balaban J connectivity index is 1.83. The van der Waals surface area contributed by atoms with E-state index >= 15 is 0 Å². The molecule has 0 fully saturated rings. The smallest absolute Gasteiger partial charge is 0.341 e. The number of nitrogens with one attached hydrogen (secondary N) is 2. The van der Waals surface area contributed by atoms with Gasteiger partial charge in [0.05, 0.1) is 25.5 Å². The van der Waals surface area contributed by atoms with Crippen LogP contribution in [-0.2, 0) is 17.8 Å². The molecule has 2 aromatic rings. The zero-order valence-corrected chi connectivity index (χ0v) is 9.40. The van der Waals surface area contributed by atoms with Gasteiger partial charge in [0.25, 0.3) is 0 Å². The summed E-state index contributed by atoms with van der Waals surface area (Å²) in [7, 11) is 1.34. The molecule has 17 heavy (non-hydrogen) atoms. The van der Waals surface area contributed by atoms with Crippen LogP contribution in [0, 0.1) is 0 Å². The number of aromatic amines is 1. The van der Waals surface area contributed by atoms with E-state index in [0.717, 1.165) is 5.69 Å². The number of rotatable bonds is 5. The molecule has 0 spiro atoms. The minimum absolute atomic E-state index is 0.395. The van der Waals surface area contributed by atoms with Crippen molar-refractivity contribution in [3.63, 3.8) is 0 Å². The zero-order valence-electron chi connectivity index (χ0n) is 9.40. The predicted molar refractivity (Wildman–Crippen MR) is 59.2 cm³/mol. The average molecular weight is 235 g/mol. The molecule has 0 bridgehead atoms. The average Bonchev–Trinajstić information content (AvgIpc) is 2.99. The van der Waals surface area contributed by atoms with Crippen LogP contribution in [0.4, 0.5) is 0 Å². The van der Waals surface area contributed by atoms with Crippen molar-refractivity contribution in [2.75, 3.05) is 7.11 Å². The summed E-state index contributed by atoms with van der Waals surface area (Å²) in [5, 5.41) is 3.16. The van der Waals surface area contributed by atoms with Gasteiger partial charge < -0.3 is 19.5 Å². The highest BCUT2D eigenvalue weighted by atomic mass is 16.5. The number of furan rings is 1. The normalized spacial score (nSPS) is 10.4. The van der Waals surface area contributed by atoms with Crippen LogP contribution >= 0.6 is 0 Å². The number of nitrogens with zero attached hydrogens (tertiary/aromatic N) is 1. The number of carbonyl (C=O) groups is 1. The van der Waals surface area contributed by atoms with E-state index in [-0.39, 0.29) is 0 Å². The molecule has 0 saturated carbocycles. The Kier molecular flexibility index (Phi) is 3.56. The van der Waals surface area contributed by atoms with Crippen LogP contribution in [0.2, 0.25) is 0 Å². The number of methoxy groups -OCH3 is 1. The number of imidazole rings is 1. The molecular formula is C11H13N3O3. The van der Waals surface area contributed by atoms with Crippen LogP contribution in [0.25, 0.3) is 0 Å². The molecule has 0 radical (unpaired) electrons. The first kappa shape index (κ1) is 11.4. The summed E-state index contributed by atoms with van der Waals surface area (Å²) >= 11 is 0. The lowest BCUT2D eigenvalue weighted by molar-refractivity contribution is 0.0600. The summed E-state index contributed by atoms with van der Waals surface area (Å²) in [4.78, 5) is 18.1. The summed E-state index contributed by atoms with van der Waals surface area (Å²) in [6.07, 6.45) is 4.76. The van der Waals surface area contributed by atoms with Gasteiger partial charge in [-0.25, -0.2) is 9.78 Å². The molecule has 6 nitrogen and oxygen atoms in total. The molecule has 0 aliphatic rings. The van der Waals surface area contributed by atoms with Gasteiger partial charge in [0, 0.05) is 18.4 Å². The minimum Gasteiger partial charge on any atom is -0.467 e. The zero-order chi connectivity index (χ0) is 12.1. The highest BCUT2D eigenvalue weighted by molar-refractivity contribution is 5.88. The largest absolute Gasteiger partial charge is 0.467 e. The van der Waals surface area contributed by atoms with Gasteiger partial charge in [-0.15, -0.1) is 0 Å². The van der Waals surface area contributed by atoms with Crippen molar-refractivity contribution >= 4 is 5.97 Å². The lowest BCUT2D eigenvalue weighted by Crippen LogP contribution is -2.12. The molecule has 2 rings (SSSR count). The molecule has 2 aromatic heterocycles. The van der Waals surface area contributed by atoms with E-state index < -0.39 is 5.97 Å². The SMILES string of the molecule is COC(=O)c1coc(CNCc2cnc[nH]2)c1. The quantitative estimate of drug-likeness (QED) is 0.758. The number of H-pyrrole nitrogens is 1. The molecule has 0 aromatic carbocycles. The Hall–Kier alpha value is -2.08. The summed E-state index contributed by atoms with van der Waals surface area (Å²) in [6.45, 7) is 1.20. The third-order valence-corrected chi connectivity index (χ3v) is 2.24. The Morgan fingerprint density at radius 3 is 3.18 bits per heavy atom. The van der Waals surface area contributed by atoms with Gasteiger partial charge in [0.1, 0.15) is 12.0 Å². The van der Waals surface area contributed by atoms with Crippen molar-refractivity contribution in [1.29, 1.82) is 0 Å². The Labute approximate surface area is 98.0 Å². The van der Waals surface area contributed by atoms with Crippen molar-refractivity contribution in [2.45, 2.75) is 13.1 Å². The first-order valence-corrected chi connectivity index (χ1v) is 5.13. The number of ether oxygens (including phenoxy) is 1. The molecule has 0 unspecified atom stereocenters. The maximum Gasteiger partial charge on any atom is 0.341 e. The highest BCUT2D eigenvalue weighted by Crippen LogP contribution is 2.08. The van der Waals surface area contributed by atoms with E-state index in [4.69, 9.17) is 4.42 Å². The van der Waals surface area contributed by atoms with Gasteiger partial charge in [-0.3, -0.25) is 0 Å². The first-order chi connectivity index (χ1) is 8.29. The number of carbonyl (C=O) groups excluding carboxylic acids is 1. The number of aromatic nitrogens is 2. The van der Waals surface area contributed by atoms with Gasteiger partial charge in [0.2, 0.25) is 0 Å². The second-order valence-electron chi connectivity index (χ2n) is 3.47. The van der Waals surface area contributed by atoms with Crippen molar-refractivity contribution in [3.8, 4) is 0 Å². The Morgan fingerprint density at radius 2 is 2.47 bits per heavy atom. The predicted octanol–water partition coefficient (Wildman–Crippen LogP) is 1.08. The second-order valence-corrected chi connectivity index (χ2v) is 3.47. The van der Waals surface area contributed by atoms with E-state index in [9.17, 15) is 4.79 Å². The Bertz CT molecular complexity index is 476. The summed E-state index contributed by atoms with van der Waals surface area (Å²) < 4.78 is 9.80. The van der Waals surface area contributed by atoms with E-state index in [1.54, 1.807) is 18.6 Å². The van der Waals surface area contributed by atoms with Crippen LogP contribution in [0.3, 0.4) is 0 Å². The van der Waals surface area contributed by atoms with Crippen LogP contribution in [0.15, 0.2) is 29.3 Å². The van der Waals surface area contributed by atoms with E-state index in [1.165, 1.54) is 13.4 Å². The van der Waals surface area contributed by atoms with E-state index in [1.807, 2.05) is 0 Å². The second kappa shape index (κ2) is 5.31. The molecule has 90 valence electrons. The van der Waals surface area contributed by atoms with Crippen LogP contribution in [-0.4, -0.2) is 23.0 Å². The van der Waals surface area contributed by atoms with Crippen LogP contribution in [0.5, 0.6) is 0 Å². The molecular weight excluding hydrogens is 222 g/mol. The topological polar surface area (TPSA) is 80.2 Å². The molecule has 6 heteroatoms. The highest BCUT2D eigenvalue weighted by Gasteiger charge is 2.09. The van der Waals surface area contributed by atoms with Gasteiger partial charge >= 0.3 is 5.97 Å². The first-order valence-electron chi connectivity index (χ1n) is 5.13. The lowest BCUT2D eigenvalue weighted by atomic mass is 10.3. The number of esters is 1. The summed E-state index contributed by atoms with van der Waals surface area (Å²) in [5.41, 5.74) is 1.41. The molecule has 0 atom stereocenters. The molecule has 2 N–H and O–H groups in total. The van der Waals surface area contributed by atoms with Crippen molar-refractivity contribution in [3.05, 3.63) is 41.9 Å². The maximum atomic E-state index is 11.2. The van der Waals surface area contributed by atoms with Gasteiger partial charge in [-0.2, -0.15) is 0 Å². The van der Waals surface area contributed by atoms with Gasteiger partial charge in [-0.1, -0.05) is 0 Å². The van der Waals surface area contributed by atoms with Crippen molar-refractivity contribution in [1.82, 2.24) is 15.3 Å². The van der Waals surface area contributed by atoms with E-state index in [2.05, 4.69) is 20.0 Å². The maximum absolute atomic E-state index is 11.2. The Morgan fingerprint density at radius 1 is 1.59 bits per heavy atom. The third-order valence-electron chi connectivity index (χ3n) is 2.24. The van der Waals surface area contributed by atoms with E-state index in [0.29, 0.717) is 24.4 Å². The third kappa shape index (κ3) is 2.94. The minimum atomic E-state index is -0.395. The molecule has 0 aliphatic heterocycles. The molecule has 0 saturated heterocycles.